The van der Waals surface area contributed by atoms with Crippen LogP contribution in [-0.4, -0.2) is 17.4 Å². The molecule has 0 saturated carbocycles. The number of hydrogen-bond acceptors (Lipinski definition) is 4. The first-order valence-electron chi connectivity index (χ1n) is 9.63. The van der Waals surface area contributed by atoms with Crippen LogP contribution in [0.5, 0.6) is 11.5 Å². The first-order valence-corrected chi connectivity index (χ1v) is 11.2. The van der Waals surface area contributed by atoms with Gasteiger partial charge in [-0.2, -0.15) is 0 Å². The standard InChI is InChI=1S/C24H16BrCl2NO3/c25-16-4-1-14(2-5-16)10-22-23(29)17-6-8-21-18(24(17)31-22)12-28(13-30-21)11-15-3-7-19(26)20(27)9-15/h1-10H,11-13H2/b22-10-. The van der Waals surface area contributed by atoms with E-state index in [1.165, 1.54) is 0 Å². The van der Waals surface area contributed by atoms with Crippen molar-refractivity contribution in [1.82, 2.24) is 4.90 Å². The minimum absolute atomic E-state index is 0.123. The third-order valence-electron chi connectivity index (χ3n) is 5.24. The minimum atomic E-state index is -0.123. The third-order valence-corrected chi connectivity index (χ3v) is 6.51. The van der Waals surface area contributed by atoms with E-state index >= 15 is 0 Å². The highest BCUT2D eigenvalue weighted by Gasteiger charge is 2.33. The van der Waals surface area contributed by atoms with Crippen LogP contribution in [0.4, 0.5) is 0 Å². The van der Waals surface area contributed by atoms with Crippen molar-refractivity contribution in [1.29, 1.82) is 0 Å². The number of halogens is 3. The Balaban J connectivity index is 1.41. The number of ether oxygens (including phenoxy) is 2. The van der Waals surface area contributed by atoms with Gasteiger partial charge < -0.3 is 9.47 Å². The van der Waals surface area contributed by atoms with Crippen molar-refractivity contribution in [3.8, 4) is 11.5 Å². The molecule has 3 aromatic rings. The quantitative estimate of drug-likeness (QED) is 0.362. The van der Waals surface area contributed by atoms with Crippen molar-refractivity contribution in [3.63, 3.8) is 0 Å². The summed E-state index contributed by atoms with van der Waals surface area (Å²) < 4.78 is 13.0. The zero-order valence-corrected chi connectivity index (χ0v) is 19.3. The molecule has 7 heteroatoms. The fourth-order valence-electron chi connectivity index (χ4n) is 3.71. The van der Waals surface area contributed by atoms with Crippen molar-refractivity contribution in [3.05, 3.63) is 97.1 Å². The monoisotopic (exact) mass is 515 g/mol. The van der Waals surface area contributed by atoms with Crippen molar-refractivity contribution >= 4 is 51.0 Å². The SMILES string of the molecule is O=C1/C(=C/c2ccc(Br)cc2)Oc2c1ccc1c2CN(Cc2ccc(Cl)c(Cl)c2)CO1. The molecular formula is C24H16BrCl2NO3. The van der Waals surface area contributed by atoms with E-state index in [1.54, 1.807) is 18.2 Å². The summed E-state index contributed by atoms with van der Waals surface area (Å²) >= 11 is 15.6. The van der Waals surface area contributed by atoms with Gasteiger partial charge in [0.15, 0.2) is 5.76 Å². The van der Waals surface area contributed by atoms with Crippen molar-refractivity contribution < 1.29 is 14.3 Å². The summed E-state index contributed by atoms with van der Waals surface area (Å²) in [5.74, 6) is 1.50. The largest absolute Gasteiger partial charge is 0.478 e. The first kappa shape index (κ1) is 20.6. The lowest BCUT2D eigenvalue weighted by atomic mass is 10.0. The Bertz CT molecular complexity index is 1220. The molecule has 0 bridgehead atoms. The molecule has 2 heterocycles. The van der Waals surface area contributed by atoms with E-state index in [2.05, 4.69) is 20.8 Å². The van der Waals surface area contributed by atoms with Gasteiger partial charge in [-0.05, 0) is 53.6 Å². The Morgan fingerprint density at radius 2 is 1.84 bits per heavy atom. The number of carbonyl (C=O) groups excluding carboxylic acids is 1. The van der Waals surface area contributed by atoms with E-state index in [9.17, 15) is 4.79 Å². The predicted octanol–water partition coefficient (Wildman–Crippen LogP) is 6.72. The lowest BCUT2D eigenvalue weighted by Gasteiger charge is -2.29. The number of carbonyl (C=O) groups is 1. The normalized spacial score (nSPS) is 16.6. The number of hydrogen-bond donors (Lipinski definition) is 0. The van der Waals surface area contributed by atoms with Crippen LogP contribution in [-0.2, 0) is 13.1 Å². The number of ketones is 1. The van der Waals surface area contributed by atoms with Gasteiger partial charge in [0.25, 0.3) is 0 Å². The van der Waals surface area contributed by atoms with Crippen molar-refractivity contribution in [2.24, 2.45) is 0 Å². The van der Waals surface area contributed by atoms with Crippen LogP contribution in [0.15, 0.2) is 64.8 Å². The lowest BCUT2D eigenvalue weighted by molar-refractivity contribution is 0.0873. The summed E-state index contributed by atoms with van der Waals surface area (Å²) in [6.45, 7) is 1.66. The van der Waals surface area contributed by atoms with Crippen LogP contribution in [0.1, 0.15) is 27.0 Å². The molecule has 0 atom stereocenters. The minimum Gasteiger partial charge on any atom is -0.478 e. The maximum atomic E-state index is 12.9. The number of Topliss-reactive ketones (excluding diaryl/α,β-unsaturated/α-hetero) is 1. The number of nitrogens with zero attached hydrogens (tertiary/aromatic N) is 1. The van der Waals surface area contributed by atoms with Gasteiger partial charge in [-0.3, -0.25) is 9.69 Å². The molecule has 31 heavy (non-hydrogen) atoms. The molecule has 156 valence electrons. The number of fused-ring (bicyclic) bond motifs is 3. The van der Waals surface area contributed by atoms with E-state index in [0.717, 1.165) is 26.9 Å². The third kappa shape index (κ3) is 4.11. The Labute approximate surface area is 198 Å². The summed E-state index contributed by atoms with van der Waals surface area (Å²) in [5.41, 5.74) is 3.35. The van der Waals surface area contributed by atoms with E-state index in [4.69, 9.17) is 32.7 Å². The molecule has 5 rings (SSSR count). The topological polar surface area (TPSA) is 38.8 Å². The molecule has 0 N–H and O–H groups in total. The molecule has 0 fully saturated rings. The molecule has 2 aliphatic rings. The van der Waals surface area contributed by atoms with Gasteiger partial charge in [-0.1, -0.05) is 57.3 Å². The fourth-order valence-corrected chi connectivity index (χ4v) is 4.30. The maximum absolute atomic E-state index is 12.9. The Morgan fingerprint density at radius 3 is 2.61 bits per heavy atom. The zero-order chi connectivity index (χ0) is 21.5. The molecule has 0 radical (unpaired) electrons. The molecule has 0 saturated heterocycles. The Morgan fingerprint density at radius 1 is 1.03 bits per heavy atom. The second-order valence-electron chi connectivity index (χ2n) is 7.42. The summed E-state index contributed by atoms with van der Waals surface area (Å²) in [6.07, 6.45) is 1.76. The fraction of sp³-hybridized carbons (Fsp3) is 0.125. The van der Waals surface area contributed by atoms with Crippen LogP contribution in [0, 0.1) is 0 Å². The van der Waals surface area contributed by atoms with Crippen molar-refractivity contribution in [2.45, 2.75) is 13.1 Å². The smallest absolute Gasteiger partial charge is 0.231 e. The number of allylic oxidation sites excluding steroid dienone is 1. The molecule has 0 amide bonds. The highest BCUT2D eigenvalue weighted by molar-refractivity contribution is 9.10. The molecule has 0 unspecified atom stereocenters. The van der Waals surface area contributed by atoms with Crippen molar-refractivity contribution in [2.75, 3.05) is 6.73 Å². The van der Waals surface area contributed by atoms with Gasteiger partial charge in [0.05, 0.1) is 21.2 Å². The summed E-state index contributed by atoms with van der Waals surface area (Å²) in [6, 6.07) is 16.9. The highest BCUT2D eigenvalue weighted by Crippen LogP contribution is 2.42. The van der Waals surface area contributed by atoms with Crippen LogP contribution in [0.25, 0.3) is 6.08 Å². The van der Waals surface area contributed by atoms with Crippen LogP contribution < -0.4 is 9.47 Å². The first-order chi connectivity index (χ1) is 15.0. The number of benzene rings is 3. The molecule has 0 aliphatic carbocycles. The Hall–Kier alpha value is -2.31. The van der Waals surface area contributed by atoms with E-state index in [1.807, 2.05) is 42.5 Å². The molecular weight excluding hydrogens is 501 g/mol. The second-order valence-corrected chi connectivity index (χ2v) is 9.15. The van der Waals surface area contributed by atoms with Crippen LogP contribution in [0.3, 0.4) is 0 Å². The van der Waals surface area contributed by atoms with Gasteiger partial charge in [-0.15, -0.1) is 0 Å². The predicted molar refractivity (Wildman–Crippen MR) is 125 cm³/mol. The van der Waals surface area contributed by atoms with Gasteiger partial charge in [0.2, 0.25) is 5.78 Å². The van der Waals surface area contributed by atoms with Crippen LogP contribution >= 0.6 is 39.1 Å². The molecule has 0 spiro atoms. The molecule has 4 nitrogen and oxygen atoms in total. The molecule has 3 aromatic carbocycles. The Kier molecular flexibility index (Phi) is 5.52. The van der Waals surface area contributed by atoms with Crippen LogP contribution in [0.2, 0.25) is 10.0 Å². The van der Waals surface area contributed by atoms with E-state index in [-0.39, 0.29) is 5.78 Å². The average Bonchev–Trinajstić information content (AvgIpc) is 3.08. The average molecular weight is 517 g/mol. The van der Waals surface area contributed by atoms with Gasteiger partial charge in [0, 0.05) is 17.6 Å². The van der Waals surface area contributed by atoms with Gasteiger partial charge in [0.1, 0.15) is 18.2 Å². The summed E-state index contributed by atoms with van der Waals surface area (Å²) in [7, 11) is 0. The number of rotatable bonds is 3. The highest BCUT2D eigenvalue weighted by atomic mass is 79.9. The summed E-state index contributed by atoms with van der Waals surface area (Å²) in [5, 5.41) is 1.05. The lowest BCUT2D eigenvalue weighted by Crippen LogP contribution is -2.31. The molecule has 0 aromatic heterocycles. The molecule has 2 aliphatic heterocycles. The van der Waals surface area contributed by atoms with Gasteiger partial charge >= 0.3 is 0 Å². The van der Waals surface area contributed by atoms with E-state index in [0.29, 0.717) is 46.9 Å². The van der Waals surface area contributed by atoms with E-state index < -0.39 is 0 Å². The maximum Gasteiger partial charge on any atom is 0.231 e. The summed E-state index contributed by atoms with van der Waals surface area (Å²) in [4.78, 5) is 15.0. The van der Waals surface area contributed by atoms with Gasteiger partial charge in [-0.25, -0.2) is 0 Å². The second kappa shape index (κ2) is 8.32. The zero-order valence-electron chi connectivity index (χ0n) is 16.2.